The van der Waals surface area contributed by atoms with E-state index >= 15 is 0 Å². The Kier molecular flexibility index (Phi) is 3.35. The van der Waals surface area contributed by atoms with Gasteiger partial charge in [-0.3, -0.25) is 4.57 Å². The van der Waals surface area contributed by atoms with Crippen molar-refractivity contribution < 1.29 is 18.6 Å². The monoisotopic (exact) mass is 348 g/mol. The minimum atomic E-state index is -3.20. The maximum absolute atomic E-state index is 14.5. The highest BCUT2D eigenvalue weighted by Crippen LogP contribution is 2.81. The Labute approximate surface area is 143 Å². The molecule has 1 heterocycles. The van der Waals surface area contributed by atoms with Gasteiger partial charge in [-0.05, 0) is 56.3 Å². The second kappa shape index (κ2) is 5.17. The van der Waals surface area contributed by atoms with Crippen LogP contribution in [0.4, 0.5) is 0 Å². The van der Waals surface area contributed by atoms with Gasteiger partial charge in [-0.1, -0.05) is 30.3 Å². The van der Waals surface area contributed by atoms with Crippen molar-refractivity contribution in [3.8, 4) is 0 Å². The van der Waals surface area contributed by atoms with Gasteiger partial charge in [0.05, 0.1) is 5.16 Å². The third-order valence-corrected chi connectivity index (χ3v) is 10.5. The number of rotatable bonds is 4. The summed E-state index contributed by atoms with van der Waals surface area (Å²) in [4.78, 5) is 0. The molecule has 1 aliphatic heterocycles. The molecule has 4 aliphatic carbocycles. The second-order valence-electron chi connectivity index (χ2n) is 8.23. The minimum absolute atomic E-state index is 0.189. The lowest BCUT2D eigenvalue weighted by Crippen LogP contribution is -2.56. The summed E-state index contributed by atoms with van der Waals surface area (Å²) in [5.41, 5.74) is -0.369. The van der Waals surface area contributed by atoms with Crippen LogP contribution in [-0.4, -0.2) is 19.1 Å². The Morgan fingerprint density at radius 2 is 1.54 bits per heavy atom. The third-order valence-electron chi connectivity index (χ3n) is 6.92. The molecule has 1 saturated heterocycles. The molecule has 1 unspecified atom stereocenters. The van der Waals surface area contributed by atoms with Crippen molar-refractivity contribution >= 4 is 7.37 Å². The molecular formula is C19H25O4P. The lowest BCUT2D eigenvalue weighted by molar-refractivity contribution is -0.365. The molecule has 4 saturated carbocycles. The normalized spacial score (nSPS) is 41.6. The molecule has 24 heavy (non-hydrogen) atoms. The first-order chi connectivity index (χ1) is 11.6. The zero-order valence-corrected chi connectivity index (χ0v) is 15.0. The zero-order chi connectivity index (χ0) is 16.4. The second-order valence-corrected chi connectivity index (χ2v) is 11.2. The SMILES string of the molecule is COP(=O)(C12CC3CC(CC(C3)C1)C2)C1(c2ccccc2)OCO1. The molecule has 5 fully saturated rings. The van der Waals surface area contributed by atoms with Gasteiger partial charge in [-0.15, -0.1) is 0 Å². The van der Waals surface area contributed by atoms with E-state index in [-0.39, 0.29) is 11.9 Å². The van der Waals surface area contributed by atoms with Gasteiger partial charge in [0.2, 0.25) is 0 Å². The van der Waals surface area contributed by atoms with Crippen molar-refractivity contribution in [2.75, 3.05) is 13.9 Å². The van der Waals surface area contributed by atoms with Crippen molar-refractivity contribution in [3.05, 3.63) is 35.9 Å². The van der Waals surface area contributed by atoms with Crippen LogP contribution in [-0.2, 0) is 24.1 Å². The first-order valence-electron chi connectivity index (χ1n) is 9.10. The maximum Gasteiger partial charge on any atom is 0.279 e. The highest BCUT2D eigenvalue weighted by atomic mass is 31.2. The predicted molar refractivity (Wildman–Crippen MR) is 90.7 cm³/mol. The van der Waals surface area contributed by atoms with E-state index in [0.717, 1.165) is 24.8 Å². The first-order valence-corrected chi connectivity index (χ1v) is 10.7. The molecule has 4 nitrogen and oxygen atoms in total. The Bertz CT molecular complexity index is 647. The van der Waals surface area contributed by atoms with Gasteiger partial charge < -0.3 is 14.0 Å². The summed E-state index contributed by atoms with van der Waals surface area (Å²) in [6.07, 6.45) is 6.94. The fraction of sp³-hybridized carbons (Fsp3) is 0.684. The van der Waals surface area contributed by atoms with Crippen molar-refractivity contribution in [1.29, 1.82) is 0 Å². The highest BCUT2D eigenvalue weighted by molar-refractivity contribution is 7.61. The molecule has 1 atom stereocenters. The van der Waals surface area contributed by atoms with E-state index in [1.165, 1.54) is 19.3 Å². The molecule has 5 aliphatic rings. The van der Waals surface area contributed by atoms with Gasteiger partial charge in [0.1, 0.15) is 0 Å². The molecule has 1 aromatic carbocycles. The smallest absolute Gasteiger partial charge is 0.279 e. The molecule has 4 bridgehead atoms. The topological polar surface area (TPSA) is 44.8 Å². The van der Waals surface area contributed by atoms with Crippen molar-refractivity contribution in [3.63, 3.8) is 0 Å². The van der Waals surface area contributed by atoms with Crippen LogP contribution in [0.3, 0.4) is 0 Å². The van der Waals surface area contributed by atoms with Crippen LogP contribution in [0, 0.1) is 17.8 Å². The molecule has 0 aromatic heterocycles. The van der Waals surface area contributed by atoms with Crippen molar-refractivity contribution in [2.45, 2.75) is 49.2 Å². The maximum atomic E-state index is 14.5. The summed E-state index contributed by atoms with van der Waals surface area (Å²) in [5, 5.41) is -0.271. The van der Waals surface area contributed by atoms with Gasteiger partial charge in [0, 0.05) is 12.7 Å². The molecule has 0 amide bonds. The number of ether oxygens (including phenoxy) is 2. The van der Waals surface area contributed by atoms with Crippen LogP contribution >= 0.6 is 7.37 Å². The number of hydrogen-bond donors (Lipinski definition) is 0. The summed E-state index contributed by atoms with van der Waals surface area (Å²) < 4.78 is 32.2. The van der Waals surface area contributed by atoms with Crippen LogP contribution in [0.1, 0.15) is 44.1 Å². The lowest BCUT2D eigenvalue weighted by atomic mass is 9.56. The fourth-order valence-electron chi connectivity index (χ4n) is 6.38. The summed E-state index contributed by atoms with van der Waals surface area (Å²) in [5.74, 6) is 2.10. The van der Waals surface area contributed by atoms with Crippen LogP contribution in [0.25, 0.3) is 0 Å². The number of benzene rings is 1. The summed E-state index contributed by atoms with van der Waals surface area (Å²) in [6.45, 7) is 0.189. The average Bonchev–Trinajstić information content (AvgIpc) is 2.53. The third kappa shape index (κ3) is 1.83. The highest BCUT2D eigenvalue weighted by Gasteiger charge is 2.71. The first kappa shape index (κ1) is 15.6. The zero-order valence-electron chi connectivity index (χ0n) is 14.1. The van der Waals surface area contributed by atoms with E-state index in [0.29, 0.717) is 17.8 Å². The molecule has 0 N–H and O–H groups in total. The van der Waals surface area contributed by atoms with Crippen LogP contribution in [0.2, 0.25) is 0 Å². The quantitative estimate of drug-likeness (QED) is 0.740. The molecule has 130 valence electrons. The molecule has 0 spiro atoms. The Morgan fingerprint density at radius 3 is 1.96 bits per heavy atom. The Morgan fingerprint density at radius 1 is 1.00 bits per heavy atom. The Balaban J connectivity index is 1.63. The van der Waals surface area contributed by atoms with E-state index < -0.39 is 12.9 Å². The molecule has 5 heteroatoms. The van der Waals surface area contributed by atoms with E-state index in [4.69, 9.17) is 14.0 Å². The van der Waals surface area contributed by atoms with E-state index in [2.05, 4.69) is 0 Å². The lowest BCUT2D eigenvalue weighted by Gasteiger charge is -2.61. The van der Waals surface area contributed by atoms with Gasteiger partial charge in [0.25, 0.3) is 12.9 Å². The summed E-state index contributed by atoms with van der Waals surface area (Å²) in [6, 6.07) is 9.75. The molecule has 1 aromatic rings. The summed E-state index contributed by atoms with van der Waals surface area (Å²) in [7, 11) is -1.61. The van der Waals surface area contributed by atoms with E-state index in [9.17, 15) is 4.57 Å². The molecule has 6 rings (SSSR count). The Hall–Kier alpha value is -0.670. The van der Waals surface area contributed by atoms with Crippen LogP contribution < -0.4 is 0 Å². The van der Waals surface area contributed by atoms with Crippen LogP contribution in [0.5, 0.6) is 0 Å². The average molecular weight is 348 g/mol. The van der Waals surface area contributed by atoms with Crippen molar-refractivity contribution in [1.82, 2.24) is 0 Å². The number of hydrogen-bond acceptors (Lipinski definition) is 4. The van der Waals surface area contributed by atoms with Crippen LogP contribution in [0.15, 0.2) is 30.3 Å². The van der Waals surface area contributed by atoms with Gasteiger partial charge in [-0.25, -0.2) is 0 Å². The standard InChI is InChI=1S/C19H25O4P/c1-21-24(20,19(22-13-23-19)17-5-3-2-4-6-17)18-10-14-7-15(11-18)9-16(8-14)12-18/h2-6,14-16H,7-13H2,1H3. The fourth-order valence-corrected chi connectivity index (χ4v) is 10.1. The van der Waals surface area contributed by atoms with Crippen molar-refractivity contribution in [2.24, 2.45) is 17.8 Å². The molecule has 0 radical (unpaired) electrons. The van der Waals surface area contributed by atoms with E-state index in [1.54, 1.807) is 7.11 Å². The largest absolute Gasteiger partial charge is 0.328 e. The predicted octanol–water partition coefficient (Wildman–Crippen LogP) is 4.69. The van der Waals surface area contributed by atoms with Gasteiger partial charge in [0.15, 0.2) is 6.79 Å². The molecular weight excluding hydrogens is 323 g/mol. The minimum Gasteiger partial charge on any atom is -0.328 e. The summed E-state index contributed by atoms with van der Waals surface area (Å²) >= 11 is 0. The van der Waals surface area contributed by atoms with E-state index in [1.807, 2.05) is 30.3 Å². The van der Waals surface area contributed by atoms with Gasteiger partial charge in [-0.2, -0.15) is 0 Å². The van der Waals surface area contributed by atoms with Gasteiger partial charge >= 0.3 is 0 Å².